The van der Waals surface area contributed by atoms with Crippen LogP contribution >= 0.6 is 15.9 Å². The van der Waals surface area contributed by atoms with Crippen molar-refractivity contribution in [1.29, 1.82) is 0 Å². The number of hydrogen-bond acceptors (Lipinski definition) is 7. The number of benzene rings is 1. The molecule has 0 spiro atoms. The van der Waals surface area contributed by atoms with E-state index in [2.05, 4.69) is 26.6 Å². The molecule has 11 heteroatoms. The zero-order valence-corrected chi connectivity index (χ0v) is 25.6. The first-order chi connectivity index (χ1) is 20.3. The van der Waals surface area contributed by atoms with Gasteiger partial charge in [0.25, 0.3) is 0 Å². The van der Waals surface area contributed by atoms with Crippen molar-refractivity contribution in [2.24, 2.45) is 5.92 Å². The van der Waals surface area contributed by atoms with Gasteiger partial charge in [-0.2, -0.15) is 0 Å². The van der Waals surface area contributed by atoms with Gasteiger partial charge in [-0.1, -0.05) is 40.9 Å². The number of rotatable bonds is 5. The number of carbonyl (C=O) groups excluding carboxylic acids is 4. The molecule has 2 aliphatic carbocycles. The van der Waals surface area contributed by atoms with Crippen LogP contribution in [0.15, 0.2) is 40.9 Å². The van der Waals surface area contributed by atoms with E-state index in [-0.39, 0.29) is 30.9 Å². The number of alkyl carbamates (subject to hydrolysis) is 1. The lowest BCUT2D eigenvalue weighted by Gasteiger charge is -2.29. The van der Waals surface area contributed by atoms with E-state index in [0.717, 1.165) is 55.8 Å². The SMILES string of the molecule is COC(=O)[C@@]12CC1/C=C\CCCCC[C@H](NC(=O)OC1CCCC1)C(=O)N1C[C@@H](Oc3ccc(Br)cc3)C[C@H]1C(=O)N2. The van der Waals surface area contributed by atoms with Crippen LogP contribution in [0, 0.1) is 5.92 Å². The summed E-state index contributed by atoms with van der Waals surface area (Å²) in [4.78, 5) is 55.1. The molecule has 0 bridgehead atoms. The predicted octanol–water partition coefficient (Wildman–Crippen LogP) is 4.40. The predicted molar refractivity (Wildman–Crippen MR) is 158 cm³/mol. The fraction of sp³-hybridized carbons (Fsp3) is 0.613. The Balaban J connectivity index is 1.39. The molecule has 2 heterocycles. The first kappa shape index (κ1) is 30.4. The van der Waals surface area contributed by atoms with E-state index < -0.39 is 41.7 Å². The highest BCUT2D eigenvalue weighted by atomic mass is 79.9. The highest BCUT2D eigenvalue weighted by Crippen LogP contribution is 2.46. The molecule has 3 fully saturated rings. The van der Waals surface area contributed by atoms with Crippen LogP contribution in [-0.2, 0) is 23.9 Å². The Hall–Kier alpha value is -3.08. The summed E-state index contributed by atoms with van der Waals surface area (Å²) in [5.74, 6) is -0.838. The van der Waals surface area contributed by atoms with E-state index in [0.29, 0.717) is 18.6 Å². The van der Waals surface area contributed by atoms with E-state index in [1.54, 1.807) is 0 Å². The van der Waals surface area contributed by atoms with E-state index in [1.165, 1.54) is 12.0 Å². The zero-order chi connectivity index (χ0) is 29.7. The first-order valence-electron chi connectivity index (χ1n) is 15.1. The second kappa shape index (κ2) is 13.5. The number of amides is 3. The molecule has 1 aromatic carbocycles. The number of nitrogens with zero attached hydrogens (tertiary/aromatic N) is 1. The van der Waals surface area contributed by atoms with Crippen LogP contribution in [-0.4, -0.2) is 72.3 Å². The van der Waals surface area contributed by atoms with Crippen molar-refractivity contribution < 1.29 is 33.4 Å². The summed E-state index contributed by atoms with van der Waals surface area (Å²) in [7, 11) is 1.31. The summed E-state index contributed by atoms with van der Waals surface area (Å²) >= 11 is 3.42. The van der Waals surface area contributed by atoms with Crippen molar-refractivity contribution in [3.63, 3.8) is 0 Å². The third-order valence-electron chi connectivity index (χ3n) is 8.77. The lowest BCUT2D eigenvalue weighted by atomic mass is 10.0. The molecule has 0 radical (unpaired) electrons. The van der Waals surface area contributed by atoms with Gasteiger partial charge in [0.1, 0.15) is 35.6 Å². The second-order valence-electron chi connectivity index (χ2n) is 11.8. The van der Waals surface area contributed by atoms with Crippen molar-refractivity contribution in [2.75, 3.05) is 13.7 Å². The molecule has 1 aromatic rings. The molecule has 228 valence electrons. The second-order valence-corrected chi connectivity index (χ2v) is 12.7. The van der Waals surface area contributed by atoms with Gasteiger partial charge in [0, 0.05) is 16.8 Å². The van der Waals surface area contributed by atoms with Crippen molar-refractivity contribution in [3.05, 3.63) is 40.9 Å². The minimum atomic E-state index is -1.15. The Kier molecular flexibility index (Phi) is 9.75. The largest absolute Gasteiger partial charge is 0.488 e. The Morgan fingerprint density at radius 2 is 1.76 bits per heavy atom. The van der Waals surface area contributed by atoms with Crippen LogP contribution in [0.5, 0.6) is 5.75 Å². The van der Waals surface area contributed by atoms with Gasteiger partial charge >= 0.3 is 12.1 Å². The standard InChI is InChI=1S/C31H40BrN3O7/c1-40-29(38)31-18-20(31)9-5-3-2-4-6-12-25(33-30(39)42-22-10-7-8-11-22)28(37)35-19-24(17-26(35)27(36)34-31)41-23-15-13-21(32)14-16-23/h5,9,13-16,20,22,24-26H,2-4,6-8,10-12,17-19H2,1H3,(H,33,39)(H,34,36)/b9-5-/t20?,24-,25-,26-,31+/m0/s1. The van der Waals surface area contributed by atoms with Gasteiger partial charge in [-0.3, -0.25) is 9.59 Å². The van der Waals surface area contributed by atoms with Crippen LogP contribution in [0.25, 0.3) is 0 Å². The van der Waals surface area contributed by atoms with E-state index >= 15 is 0 Å². The number of esters is 1. The maximum Gasteiger partial charge on any atom is 0.408 e. The van der Waals surface area contributed by atoms with Crippen molar-refractivity contribution in [1.82, 2.24) is 15.5 Å². The van der Waals surface area contributed by atoms with Gasteiger partial charge in [0.05, 0.1) is 13.7 Å². The smallest absolute Gasteiger partial charge is 0.408 e. The number of methoxy groups -OCH3 is 1. The first-order valence-corrected chi connectivity index (χ1v) is 15.9. The Morgan fingerprint density at radius 3 is 2.50 bits per heavy atom. The molecule has 2 saturated carbocycles. The quantitative estimate of drug-likeness (QED) is 0.359. The van der Waals surface area contributed by atoms with E-state index in [4.69, 9.17) is 14.2 Å². The summed E-state index contributed by atoms with van der Waals surface area (Å²) in [5.41, 5.74) is -1.15. The number of fused-ring (bicyclic) bond motifs is 2. The molecule has 2 N–H and O–H groups in total. The van der Waals surface area contributed by atoms with Gasteiger partial charge in [0.15, 0.2) is 0 Å². The monoisotopic (exact) mass is 645 g/mol. The summed E-state index contributed by atoms with van der Waals surface area (Å²) in [6, 6.07) is 5.63. The van der Waals surface area contributed by atoms with Crippen molar-refractivity contribution in [2.45, 2.75) is 100 Å². The molecule has 4 aliphatic rings. The van der Waals surface area contributed by atoms with Gasteiger partial charge in [0.2, 0.25) is 11.8 Å². The van der Waals surface area contributed by atoms with E-state index in [1.807, 2.05) is 36.4 Å². The number of nitrogens with one attached hydrogen (secondary N) is 2. The molecule has 1 unspecified atom stereocenters. The fourth-order valence-corrected chi connectivity index (χ4v) is 6.62. The number of allylic oxidation sites excluding steroid dienone is 1. The maximum atomic E-state index is 14.1. The molecule has 5 atom stereocenters. The summed E-state index contributed by atoms with van der Waals surface area (Å²) < 4.78 is 17.8. The average molecular weight is 647 g/mol. The molecule has 0 aromatic heterocycles. The Labute approximate surface area is 255 Å². The lowest BCUT2D eigenvalue weighted by molar-refractivity contribution is -0.148. The molecule has 5 rings (SSSR count). The number of ether oxygens (including phenoxy) is 3. The molecule has 1 saturated heterocycles. The highest BCUT2D eigenvalue weighted by Gasteiger charge is 2.62. The van der Waals surface area contributed by atoms with Crippen LogP contribution in [0.3, 0.4) is 0 Å². The van der Waals surface area contributed by atoms with Gasteiger partial charge in [-0.05, 0) is 75.6 Å². The molecule has 3 amide bonds. The number of halogens is 1. The topological polar surface area (TPSA) is 123 Å². The van der Waals surface area contributed by atoms with Crippen molar-refractivity contribution in [3.8, 4) is 5.75 Å². The average Bonchev–Trinajstić information content (AvgIpc) is 3.28. The zero-order valence-electron chi connectivity index (χ0n) is 24.0. The fourth-order valence-electron chi connectivity index (χ4n) is 6.35. The minimum absolute atomic E-state index is 0.135. The van der Waals surface area contributed by atoms with Gasteiger partial charge in [-0.15, -0.1) is 0 Å². The lowest BCUT2D eigenvalue weighted by Crippen LogP contribution is -2.56. The maximum absolute atomic E-state index is 14.1. The van der Waals surface area contributed by atoms with Crippen LogP contribution in [0.1, 0.15) is 70.6 Å². The van der Waals surface area contributed by atoms with Crippen LogP contribution in [0.4, 0.5) is 4.79 Å². The van der Waals surface area contributed by atoms with E-state index in [9.17, 15) is 19.2 Å². The van der Waals surface area contributed by atoms with Gasteiger partial charge in [-0.25, -0.2) is 9.59 Å². The summed E-state index contributed by atoms with van der Waals surface area (Å²) in [6.07, 6.45) is 11.0. The molecule has 42 heavy (non-hydrogen) atoms. The summed E-state index contributed by atoms with van der Waals surface area (Å²) in [5, 5.41) is 5.76. The van der Waals surface area contributed by atoms with Gasteiger partial charge < -0.3 is 29.7 Å². The normalized spacial score (nSPS) is 31.0. The van der Waals surface area contributed by atoms with Crippen LogP contribution in [0.2, 0.25) is 0 Å². The molecular formula is C31H40BrN3O7. The highest BCUT2D eigenvalue weighted by molar-refractivity contribution is 9.10. The third-order valence-corrected chi connectivity index (χ3v) is 9.30. The van der Waals surface area contributed by atoms with Crippen LogP contribution < -0.4 is 15.4 Å². The molecular weight excluding hydrogens is 606 g/mol. The molecule has 2 aliphatic heterocycles. The number of carbonyl (C=O) groups is 4. The molecule has 10 nitrogen and oxygen atoms in total. The Morgan fingerprint density at radius 1 is 1.02 bits per heavy atom. The van der Waals surface area contributed by atoms with Crippen molar-refractivity contribution >= 4 is 39.8 Å². The number of hydrogen-bond donors (Lipinski definition) is 2. The minimum Gasteiger partial charge on any atom is -0.488 e. The Bertz CT molecular complexity index is 1190. The third kappa shape index (κ3) is 7.10. The summed E-state index contributed by atoms with van der Waals surface area (Å²) in [6.45, 7) is 0.164.